The Labute approximate surface area is 241 Å². The van der Waals surface area contributed by atoms with Crippen LogP contribution in [0.2, 0.25) is 0 Å². The molecule has 0 heterocycles. The lowest BCUT2D eigenvalue weighted by atomic mass is 10.1. The van der Waals surface area contributed by atoms with E-state index in [0.29, 0.717) is 13.2 Å². The number of allylic oxidation sites excluding steroid dienone is 2. The van der Waals surface area contributed by atoms with E-state index >= 15 is 0 Å². The Morgan fingerprint density at radius 1 is 0.692 bits per heavy atom. The normalized spacial score (nSPS) is 12.4. The molecule has 0 saturated heterocycles. The third kappa shape index (κ3) is 26.6. The first kappa shape index (κ1) is 37.6. The number of carbonyl (C=O) groups is 2. The highest BCUT2D eigenvalue weighted by molar-refractivity contribution is 5.81. The van der Waals surface area contributed by atoms with Crippen LogP contribution in [-0.2, 0) is 14.3 Å². The van der Waals surface area contributed by atoms with Crippen molar-refractivity contribution in [3.05, 3.63) is 12.2 Å². The Morgan fingerprint density at radius 2 is 1.18 bits per heavy atom. The number of hydrogen-bond acceptors (Lipinski definition) is 5. The number of nitrogens with one attached hydrogen (secondary N) is 1. The molecule has 0 amide bonds. The molecule has 0 aliphatic rings. The Kier molecular flexibility index (Phi) is 28.5. The first-order valence-corrected chi connectivity index (χ1v) is 16.5. The van der Waals surface area contributed by atoms with E-state index in [2.05, 4.69) is 43.1 Å². The van der Waals surface area contributed by atoms with E-state index in [1.165, 1.54) is 96.3 Å². The summed E-state index contributed by atoms with van der Waals surface area (Å²) >= 11 is 0. The number of esters is 1. The first-order valence-electron chi connectivity index (χ1n) is 16.5. The molecule has 0 aliphatic carbocycles. The number of unbranched alkanes of at least 4 members (excludes halogenated alkanes) is 14. The van der Waals surface area contributed by atoms with Crippen LogP contribution < -0.4 is 5.32 Å². The molecule has 2 N–H and O–H groups in total. The molecule has 6 heteroatoms. The molecule has 6 nitrogen and oxygen atoms in total. The molecule has 0 aliphatic heterocycles. The van der Waals surface area contributed by atoms with Gasteiger partial charge >= 0.3 is 11.9 Å². The maximum absolute atomic E-state index is 12.5. The third-order valence-corrected chi connectivity index (χ3v) is 7.26. The molecule has 1 unspecified atom stereocenters. The van der Waals surface area contributed by atoms with E-state index in [1.807, 2.05) is 0 Å². The Morgan fingerprint density at radius 3 is 1.72 bits per heavy atom. The lowest BCUT2D eigenvalue weighted by Gasteiger charge is -2.22. The van der Waals surface area contributed by atoms with Gasteiger partial charge in [0.2, 0.25) is 0 Å². The monoisotopic (exact) mass is 552 g/mol. The fourth-order valence-electron chi connectivity index (χ4n) is 4.71. The molecule has 0 fully saturated rings. The van der Waals surface area contributed by atoms with E-state index < -0.39 is 18.0 Å². The third-order valence-electron chi connectivity index (χ3n) is 7.26. The number of hydrogen-bond donors (Lipinski definition) is 2. The lowest BCUT2D eigenvalue weighted by Crippen LogP contribution is -2.41. The average molecular weight is 553 g/mol. The minimum atomic E-state index is -0.978. The minimum Gasteiger partial charge on any atom is -0.481 e. The molecule has 0 saturated carbocycles. The van der Waals surface area contributed by atoms with Crippen molar-refractivity contribution in [2.24, 2.45) is 0 Å². The van der Waals surface area contributed by atoms with Gasteiger partial charge in [-0.2, -0.15) is 0 Å². The Hall–Kier alpha value is -1.40. The zero-order valence-corrected chi connectivity index (χ0v) is 26.0. The summed E-state index contributed by atoms with van der Waals surface area (Å²) < 4.78 is 5.42. The summed E-state index contributed by atoms with van der Waals surface area (Å²) in [4.78, 5) is 26.2. The molecule has 0 aromatic heterocycles. The fourth-order valence-corrected chi connectivity index (χ4v) is 4.71. The van der Waals surface area contributed by atoms with E-state index in [1.54, 1.807) is 0 Å². The number of aliphatic carboxylic acids is 1. The zero-order chi connectivity index (χ0) is 28.8. The summed E-state index contributed by atoms with van der Waals surface area (Å²) in [5.74, 6) is -1.41. The van der Waals surface area contributed by atoms with Crippen molar-refractivity contribution in [1.29, 1.82) is 0 Å². The number of carboxylic acid groups (broad SMARTS) is 1. The van der Waals surface area contributed by atoms with Crippen LogP contribution in [0.25, 0.3) is 0 Å². The summed E-state index contributed by atoms with van der Waals surface area (Å²) in [6.45, 7) is 10.9. The minimum absolute atomic E-state index is 0.235. The van der Waals surface area contributed by atoms with Crippen LogP contribution in [-0.4, -0.2) is 60.8 Å². The molecule has 0 aromatic carbocycles. The van der Waals surface area contributed by atoms with Gasteiger partial charge in [-0.15, -0.1) is 0 Å². The number of carboxylic acids is 1. The highest BCUT2D eigenvalue weighted by atomic mass is 16.5. The lowest BCUT2D eigenvalue weighted by molar-refractivity contribution is -0.150. The van der Waals surface area contributed by atoms with Gasteiger partial charge in [-0.1, -0.05) is 104 Å². The van der Waals surface area contributed by atoms with Gasteiger partial charge in [0, 0.05) is 0 Å². The van der Waals surface area contributed by atoms with E-state index in [0.717, 1.165) is 45.3 Å². The van der Waals surface area contributed by atoms with Gasteiger partial charge in [0.1, 0.15) is 6.04 Å². The predicted octanol–water partition coefficient (Wildman–Crippen LogP) is 8.29. The average Bonchev–Trinajstić information content (AvgIpc) is 2.92. The van der Waals surface area contributed by atoms with Crippen LogP contribution in [0.1, 0.15) is 149 Å². The second-order valence-electron chi connectivity index (χ2n) is 11.1. The maximum atomic E-state index is 12.5. The predicted molar refractivity (Wildman–Crippen MR) is 165 cm³/mol. The van der Waals surface area contributed by atoms with Crippen LogP contribution in [0.4, 0.5) is 0 Å². The van der Waals surface area contributed by atoms with Crippen LogP contribution in [0.3, 0.4) is 0 Å². The second kappa shape index (κ2) is 29.6. The number of rotatable bonds is 30. The Balaban J connectivity index is 3.88. The highest BCUT2D eigenvalue weighted by Crippen LogP contribution is 2.10. The molecule has 0 bridgehead atoms. The molecular weight excluding hydrogens is 488 g/mol. The smallest absolute Gasteiger partial charge is 0.323 e. The van der Waals surface area contributed by atoms with E-state index in [-0.39, 0.29) is 6.42 Å². The molecule has 0 rings (SSSR count). The molecule has 0 aromatic rings. The Bertz CT molecular complexity index is 574. The molecular formula is C33H64N2O4. The van der Waals surface area contributed by atoms with Crippen molar-refractivity contribution in [2.45, 2.75) is 155 Å². The summed E-state index contributed by atoms with van der Waals surface area (Å²) in [7, 11) is 0. The van der Waals surface area contributed by atoms with E-state index in [9.17, 15) is 14.7 Å². The number of ether oxygens (including phenoxy) is 1. The summed E-state index contributed by atoms with van der Waals surface area (Å²) in [5, 5.41) is 12.4. The first-order chi connectivity index (χ1) is 19.0. The van der Waals surface area contributed by atoms with Crippen LogP contribution in [0.15, 0.2) is 12.2 Å². The van der Waals surface area contributed by atoms with Gasteiger partial charge in [-0.05, 0) is 77.5 Å². The summed E-state index contributed by atoms with van der Waals surface area (Å²) in [6.07, 6.45) is 27.5. The van der Waals surface area contributed by atoms with Gasteiger partial charge < -0.3 is 20.1 Å². The quantitative estimate of drug-likeness (QED) is 0.0530. The molecule has 230 valence electrons. The van der Waals surface area contributed by atoms with Gasteiger partial charge in [0.25, 0.3) is 0 Å². The van der Waals surface area contributed by atoms with E-state index in [4.69, 9.17) is 4.74 Å². The summed E-state index contributed by atoms with van der Waals surface area (Å²) in [6, 6.07) is -0.767. The second-order valence-corrected chi connectivity index (χ2v) is 11.1. The standard InChI is InChI=1S/C33H64N2O4/c1-4-7-10-11-12-13-14-15-16-17-18-19-20-21-22-23-29-39-33(38)31(30-32(36)37)34-25-24-28-35(26-8-5-2)27-9-6-3/h15-16,31,34H,4-14,17-30H2,1-3H3,(H,36,37)/b16-15-. The van der Waals surface area contributed by atoms with Crippen LogP contribution >= 0.6 is 0 Å². The molecule has 0 radical (unpaired) electrons. The van der Waals surface area contributed by atoms with Crippen molar-refractivity contribution in [3.63, 3.8) is 0 Å². The SMILES string of the molecule is CCCCCCCC/C=C\CCCCCCCCOC(=O)C(CC(=O)O)NCCCN(CCCC)CCCC. The number of nitrogens with zero attached hydrogens (tertiary/aromatic N) is 1. The van der Waals surface area contributed by atoms with Gasteiger partial charge in [0.15, 0.2) is 0 Å². The molecule has 1 atom stereocenters. The fraction of sp³-hybridized carbons (Fsp3) is 0.879. The van der Waals surface area contributed by atoms with Gasteiger partial charge in [-0.25, -0.2) is 0 Å². The van der Waals surface area contributed by atoms with Crippen molar-refractivity contribution < 1.29 is 19.4 Å². The molecule has 39 heavy (non-hydrogen) atoms. The zero-order valence-electron chi connectivity index (χ0n) is 26.0. The van der Waals surface area contributed by atoms with Crippen molar-refractivity contribution >= 4 is 11.9 Å². The topological polar surface area (TPSA) is 78.9 Å². The van der Waals surface area contributed by atoms with Crippen molar-refractivity contribution in [1.82, 2.24) is 10.2 Å². The van der Waals surface area contributed by atoms with Gasteiger partial charge in [-0.3, -0.25) is 9.59 Å². The van der Waals surface area contributed by atoms with Crippen molar-refractivity contribution in [3.8, 4) is 0 Å². The largest absolute Gasteiger partial charge is 0.481 e. The number of carbonyl (C=O) groups excluding carboxylic acids is 1. The summed E-state index contributed by atoms with van der Waals surface area (Å²) in [5.41, 5.74) is 0. The van der Waals surface area contributed by atoms with Crippen LogP contribution in [0, 0.1) is 0 Å². The van der Waals surface area contributed by atoms with Gasteiger partial charge in [0.05, 0.1) is 13.0 Å². The highest BCUT2D eigenvalue weighted by Gasteiger charge is 2.22. The van der Waals surface area contributed by atoms with Crippen LogP contribution in [0.5, 0.6) is 0 Å². The maximum Gasteiger partial charge on any atom is 0.323 e. The van der Waals surface area contributed by atoms with Crippen molar-refractivity contribution in [2.75, 3.05) is 32.8 Å². The molecule has 0 spiro atoms.